The summed E-state index contributed by atoms with van der Waals surface area (Å²) < 4.78 is 1.69. The zero-order chi connectivity index (χ0) is 15.7. The minimum atomic E-state index is -0.494. The maximum Gasteiger partial charge on any atom is 0.328 e. The maximum atomic E-state index is 12.2. The van der Waals surface area contributed by atoms with Gasteiger partial charge in [-0.1, -0.05) is 30.3 Å². The maximum absolute atomic E-state index is 12.2. The van der Waals surface area contributed by atoms with Crippen molar-refractivity contribution in [3.63, 3.8) is 0 Å². The SMILES string of the molecule is Cn1c(=O)[nH]c(=O)c2sc(C(=O)NCc3ccccc3)cc21. The third-order valence-corrected chi connectivity index (χ3v) is 4.45. The summed E-state index contributed by atoms with van der Waals surface area (Å²) in [5, 5.41) is 2.80. The molecule has 7 heteroatoms. The van der Waals surface area contributed by atoms with Gasteiger partial charge < -0.3 is 5.32 Å². The molecule has 0 fully saturated rings. The number of carbonyl (C=O) groups excluding carboxylic acids is 1. The van der Waals surface area contributed by atoms with Crippen molar-refractivity contribution in [2.24, 2.45) is 7.05 Å². The lowest BCUT2D eigenvalue weighted by atomic mass is 10.2. The van der Waals surface area contributed by atoms with E-state index in [2.05, 4.69) is 10.3 Å². The molecule has 1 amide bonds. The first-order valence-electron chi connectivity index (χ1n) is 6.61. The van der Waals surface area contributed by atoms with Crippen LogP contribution in [0.4, 0.5) is 0 Å². The number of aromatic amines is 1. The number of amides is 1. The molecule has 0 spiro atoms. The minimum Gasteiger partial charge on any atom is -0.347 e. The molecule has 0 atom stereocenters. The van der Waals surface area contributed by atoms with Gasteiger partial charge in [-0.05, 0) is 11.6 Å². The van der Waals surface area contributed by atoms with Crippen LogP contribution in [-0.4, -0.2) is 15.5 Å². The van der Waals surface area contributed by atoms with Gasteiger partial charge in [0.2, 0.25) is 0 Å². The molecule has 0 saturated heterocycles. The quantitative estimate of drug-likeness (QED) is 0.762. The molecule has 22 heavy (non-hydrogen) atoms. The molecular weight excluding hydrogens is 302 g/mol. The first-order chi connectivity index (χ1) is 10.6. The highest BCUT2D eigenvalue weighted by molar-refractivity contribution is 7.20. The van der Waals surface area contributed by atoms with Gasteiger partial charge in [0.05, 0.1) is 10.4 Å². The van der Waals surface area contributed by atoms with E-state index in [9.17, 15) is 14.4 Å². The molecule has 3 aromatic rings. The molecule has 0 bridgehead atoms. The molecule has 0 aliphatic heterocycles. The fourth-order valence-corrected chi connectivity index (χ4v) is 3.12. The molecule has 2 heterocycles. The lowest BCUT2D eigenvalue weighted by molar-refractivity contribution is 0.0955. The number of carbonyl (C=O) groups is 1. The number of aryl methyl sites for hydroxylation is 1. The Morgan fingerprint density at radius 3 is 2.73 bits per heavy atom. The Kier molecular flexibility index (Phi) is 3.64. The third kappa shape index (κ3) is 2.58. The van der Waals surface area contributed by atoms with Crippen molar-refractivity contribution < 1.29 is 4.79 Å². The number of rotatable bonds is 3. The standard InChI is InChI=1S/C15H13N3O3S/c1-18-10-7-11(22-12(10)14(20)17-15(18)21)13(19)16-8-9-5-3-2-4-6-9/h2-7H,8H2,1H3,(H,16,19)(H,17,20,21). The number of benzene rings is 1. The van der Waals surface area contributed by atoms with Crippen LogP contribution in [0.5, 0.6) is 0 Å². The summed E-state index contributed by atoms with van der Waals surface area (Å²) in [5.41, 5.74) is 0.488. The fraction of sp³-hybridized carbons (Fsp3) is 0.133. The van der Waals surface area contributed by atoms with Crippen LogP contribution < -0.4 is 16.6 Å². The highest BCUT2D eigenvalue weighted by Crippen LogP contribution is 2.20. The molecular formula is C15H13N3O3S. The first kappa shape index (κ1) is 14.3. The Labute approximate surface area is 129 Å². The van der Waals surface area contributed by atoms with Crippen molar-refractivity contribution in [2.75, 3.05) is 0 Å². The van der Waals surface area contributed by atoms with E-state index in [4.69, 9.17) is 0 Å². The number of H-pyrrole nitrogens is 1. The molecule has 3 rings (SSSR count). The van der Waals surface area contributed by atoms with Gasteiger partial charge in [0.25, 0.3) is 11.5 Å². The Bertz CT molecular complexity index is 954. The van der Waals surface area contributed by atoms with Crippen LogP contribution in [-0.2, 0) is 13.6 Å². The van der Waals surface area contributed by atoms with Crippen molar-refractivity contribution in [2.45, 2.75) is 6.54 Å². The summed E-state index contributed by atoms with van der Waals surface area (Å²) in [6.45, 7) is 0.406. The summed E-state index contributed by atoms with van der Waals surface area (Å²) in [6.07, 6.45) is 0. The highest BCUT2D eigenvalue weighted by Gasteiger charge is 2.14. The molecule has 2 N–H and O–H groups in total. The second-order valence-corrected chi connectivity index (χ2v) is 5.86. The van der Waals surface area contributed by atoms with Gasteiger partial charge in [0, 0.05) is 13.6 Å². The van der Waals surface area contributed by atoms with E-state index in [1.165, 1.54) is 4.57 Å². The van der Waals surface area contributed by atoms with Crippen LogP contribution in [0.2, 0.25) is 0 Å². The lowest BCUT2D eigenvalue weighted by Gasteiger charge is -2.02. The summed E-state index contributed by atoms with van der Waals surface area (Å²) in [7, 11) is 1.55. The van der Waals surface area contributed by atoms with Crippen LogP contribution in [0.3, 0.4) is 0 Å². The van der Waals surface area contributed by atoms with Crippen molar-refractivity contribution in [1.82, 2.24) is 14.9 Å². The predicted octanol–water partition coefficient (Wildman–Crippen LogP) is 1.22. The summed E-state index contributed by atoms with van der Waals surface area (Å²) >= 11 is 1.07. The average molecular weight is 315 g/mol. The van der Waals surface area contributed by atoms with Crippen LogP contribution in [0.15, 0.2) is 46.0 Å². The molecule has 0 saturated carbocycles. The third-order valence-electron chi connectivity index (χ3n) is 3.32. The van der Waals surface area contributed by atoms with Crippen LogP contribution in [0.1, 0.15) is 15.2 Å². The van der Waals surface area contributed by atoms with Gasteiger partial charge in [-0.15, -0.1) is 11.3 Å². The van der Waals surface area contributed by atoms with Crippen LogP contribution in [0.25, 0.3) is 10.2 Å². The van der Waals surface area contributed by atoms with Gasteiger partial charge in [0.15, 0.2) is 0 Å². The van der Waals surface area contributed by atoms with E-state index >= 15 is 0 Å². The Balaban J connectivity index is 1.89. The Morgan fingerprint density at radius 2 is 2.00 bits per heavy atom. The monoisotopic (exact) mass is 315 g/mol. The lowest BCUT2D eigenvalue weighted by Crippen LogP contribution is -2.27. The van der Waals surface area contributed by atoms with Crippen molar-refractivity contribution in [1.29, 1.82) is 0 Å². The second-order valence-electron chi connectivity index (χ2n) is 4.81. The summed E-state index contributed by atoms with van der Waals surface area (Å²) in [4.78, 5) is 38.1. The molecule has 0 unspecified atom stereocenters. The molecule has 112 valence electrons. The van der Waals surface area contributed by atoms with Gasteiger partial charge in [-0.3, -0.25) is 19.1 Å². The van der Waals surface area contributed by atoms with Crippen molar-refractivity contribution >= 4 is 27.5 Å². The molecule has 2 aromatic heterocycles. The number of hydrogen-bond donors (Lipinski definition) is 2. The van der Waals surface area contributed by atoms with Crippen LogP contribution >= 0.6 is 11.3 Å². The first-order valence-corrected chi connectivity index (χ1v) is 7.43. The highest BCUT2D eigenvalue weighted by atomic mass is 32.1. The number of aromatic nitrogens is 2. The Hall–Kier alpha value is -2.67. The van der Waals surface area contributed by atoms with Gasteiger partial charge in [-0.2, -0.15) is 0 Å². The predicted molar refractivity (Wildman–Crippen MR) is 85.3 cm³/mol. The van der Waals surface area contributed by atoms with E-state index in [0.717, 1.165) is 16.9 Å². The molecule has 0 radical (unpaired) electrons. The number of nitrogens with one attached hydrogen (secondary N) is 2. The zero-order valence-electron chi connectivity index (χ0n) is 11.8. The van der Waals surface area contributed by atoms with E-state index in [1.807, 2.05) is 30.3 Å². The van der Waals surface area contributed by atoms with Gasteiger partial charge >= 0.3 is 5.69 Å². The van der Waals surface area contributed by atoms with Gasteiger partial charge in [0.1, 0.15) is 4.70 Å². The smallest absolute Gasteiger partial charge is 0.328 e. The van der Waals surface area contributed by atoms with Gasteiger partial charge in [-0.25, -0.2) is 4.79 Å². The van der Waals surface area contributed by atoms with Crippen LogP contribution in [0, 0.1) is 0 Å². The van der Waals surface area contributed by atoms with E-state index in [1.54, 1.807) is 13.1 Å². The number of thiophene rings is 1. The van der Waals surface area contributed by atoms with E-state index in [-0.39, 0.29) is 5.91 Å². The Morgan fingerprint density at radius 1 is 1.27 bits per heavy atom. The number of nitrogens with zero attached hydrogens (tertiary/aromatic N) is 1. The molecule has 0 aliphatic carbocycles. The number of hydrogen-bond acceptors (Lipinski definition) is 4. The largest absolute Gasteiger partial charge is 0.347 e. The van der Waals surface area contributed by atoms with E-state index < -0.39 is 11.2 Å². The fourth-order valence-electron chi connectivity index (χ4n) is 2.12. The minimum absolute atomic E-state index is 0.267. The topological polar surface area (TPSA) is 84.0 Å². The van der Waals surface area contributed by atoms with E-state index in [0.29, 0.717) is 21.6 Å². The summed E-state index contributed by atoms with van der Waals surface area (Å²) in [6, 6.07) is 11.1. The zero-order valence-corrected chi connectivity index (χ0v) is 12.6. The molecule has 0 aliphatic rings. The van der Waals surface area contributed by atoms with Crippen molar-refractivity contribution in [3.05, 3.63) is 67.7 Å². The average Bonchev–Trinajstić information content (AvgIpc) is 2.97. The normalized spacial score (nSPS) is 10.8. The second kappa shape index (κ2) is 5.61. The summed E-state index contributed by atoms with van der Waals surface area (Å²) in [5.74, 6) is -0.267. The molecule has 6 nitrogen and oxygen atoms in total. The molecule has 1 aromatic carbocycles. The van der Waals surface area contributed by atoms with Crippen molar-refractivity contribution in [3.8, 4) is 0 Å². The number of fused-ring (bicyclic) bond motifs is 1.